The number of anilines is 1. The van der Waals surface area contributed by atoms with Gasteiger partial charge in [-0.1, -0.05) is 55.7 Å². The van der Waals surface area contributed by atoms with E-state index in [0.717, 1.165) is 36.1 Å². The van der Waals surface area contributed by atoms with Gasteiger partial charge in [0.05, 0.1) is 4.90 Å². The number of fused-ring (bicyclic) bond motifs is 1. The molecule has 0 saturated heterocycles. The number of rotatable bonds is 6. The molecule has 134 valence electrons. The molecule has 0 saturated carbocycles. The summed E-state index contributed by atoms with van der Waals surface area (Å²) in [5.41, 5.74) is 3.33. The van der Waals surface area contributed by atoms with Crippen molar-refractivity contribution in [2.75, 3.05) is 5.32 Å². The Morgan fingerprint density at radius 3 is 2.56 bits per heavy atom. The van der Waals surface area contributed by atoms with Crippen LogP contribution in [0.5, 0.6) is 0 Å². The van der Waals surface area contributed by atoms with E-state index in [-0.39, 0.29) is 12.1 Å². The van der Waals surface area contributed by atoms with Crippen molar-refractivity contribution in [3.05, 3.63) is 59.7 Å². The topological polar surface area (TPSA) is 58.2 Å². The van der Waals surface area contributed by atoms with E-state index in [1.54, 1.807) is 12.1 Å². The van der Waals surface area contributed by atoms with Crippen LogP contribution < -0.4 is 10.0 Å². The Kier molecular flexibility index (Phi) is 5.45. The van der Waals surface area contributed by atoms with Crippen LogP contribution in [0.25, 0.3) is 0 Å². The van der Waals surface area contributed by atoms with E-state index in [2.05, 4.69) is 29.1 Å². The van der Waals surface area contributed by atoms with Crippen LogP contribution in [0.1, 0.15) is 37.3 Å². The van der Waals surface area contributed by atoms with Gasteiger partial charge in [0.1, 0.15) is 0 Å². The number of benzene rings is 2. The van der Waals surface area contributed by atoms with Gasteiger partial charge in [0, 0.05) is 17.8 Å². The monoisotopic (exact) mass is 358 g/mol. The molecule has 0 amide bonds. The van der Waals surface area contributed by atoms with Gasteiger partial charge in [-0.2, -0.15) is 0 Å². The highest BCUT2D eigenvalue weighted by Gasteiger charge is 2.31. The first-order valence-corrected chi connectivity index (χ1v) is 10.4. The predicted molar refractivity (Wildman–Crippen MR) is 102 cm³/mol. The van der Waals surface area contributed by atoms with Crippen LogP contribution in [-0.2, 0) is 16.4 Å². The largest absolute Gasteiger partial charge is 0.380 e. The molecule has 5 heteroatoms. The summed E-state index contributed by atoms with van der Waals surface area (Å²) in [4.78, 5) is 0.325. The molecule has 0 aromatic heterocycles. The number of para-hydroxylation sites is 1. The van der Waals surface area contributed by atoms with Crippen LogP contribution in [0.2, 0.25) is 0 Å². The van der Waals surface area contributed by atoms with Gasteiger partial charge in [-0.15, -0.1) is 0 Å². The van der Waals surface area contributed by atoms with Gasteiger partial charge in [0.2, 0.25) is 10.0 Å². The van der Waals surface area contributed by atoms with E-state index in [1.165, 1.54) is 0 Å². The number of nitrogens with one attached hydrogen (secondary N) is 2. The molecule has 1 aliphatic rings. The molecule has 3 rings (SSSR count). The Balaban J connectivity index is 1.84. The molecule has 0 spiro atoms. The maximum atomic E-state index is 12.8. The Labute approximate surface area is 150 Å². The molecule has 2 aromatic rings. The molecule has 2 atom stereocenters. The van der Waals surface area contributed by atoms with Crippen molar-refractivity contribution in [3.8, 4) is 0 Å². The second kappa shape index (κ2) is 7.58. The number of sulfonamides is 1. The standard InChI is InChI=1S/C20H26N2O2S/c1-3-4-8-19-20(14-16-7-5-6-9-18(16)21-19)22-25(23,24)17-12-10-15(2)11-13-17/h5-7,9-13,19-22H,3-4,8,14H2,1-2H3. The first-order chi connectivity index (χ1) is 12.0. The van der Waals surface area contributed by atoms with Gasteiger partial charge >= 0.3 is 0 Å². The predicted octanol–water partition coefficient (Wildman–Crippen LogP) is 3.87. The maximum absolute atomic E-state index is 12.8. The van der Waals surface area contributed by atoms with Gasteiger partial charge in [-0.3, -0.25) is 0 Å². The Morgan fingerprint density at radius 1 is 1.12 bits per heavy atom. The molecule has 0 fully saturated rings. The highest BCUT2D eigenvalue weighted by atomic mass is 32.2. The fourth-order valence-corrected chi connectivity index (χ4v) is 4.60. The highest BCUT2D eigenvalue weighted by molar-refractivity contribution is 7.89. The summed E-state index contributed by atoms with van der Waals surface area (Å²) in [6.45, 7) is 4.11. The van der Waals surface area contributed by atoms with Crippen molar-refractivity contribution in [2.24, 2.45) is 0 Å². The quantitative estimate of drug-likeness (QED) is 0.824. The normalized spacial score (nSPS) is 19.9. The molecule has 2 unspecified atom stereocenters. The second-order valence-corrected chi connectivity index (χ2v) is 8.51. The minimum Gasteiger partial charge on any atom is -0.380 e. The zero-order valence-corrected chi connectivity index (χ0v) is 15.6. The van der Waals surface area contributed by atoms with Crippen LogP contribution in [0.4, 0.5) is 5.69 Å². The van der Waals surface area contributed by atoms with Crippen LogP contribution in [0, 0.1) is 6.92 Å². The van der Waals surface area contributed by atoms with E-state index in [1.807, 2.05) is 31.2 Å². The van der Waals surface area contributed by atoms with Crippen LogP contribution in [-0.4, -0.2) is 20.5 Å². The lowest BCUT2D eigenvalue weighted by Crippen LogP contribution is -2.50. The van der Waals surface area contributed by atoms with Crippen molar-refractivity contribution in [2.45, 2.75) is 56.5 Å². The number of hydrogen-bond donors (Lipinski definition) is 2. The lowest BCUT2D eigenvalue weighted by molar-refractivity contribution is 0.452. The van der Waals surface area contributed by atoms with Crippen LogP contribution in [0.3, 0.4) is 0 Å². The zero-order valence-electron chi connectivity index (χ0n) is 14.8. The molecule has 0 radical (unpaired) electrons. The average Bonchev–Trinajstić information content (AvgIpc) is 2.60. The zero-order chi connectivity index (χ0) is 17.9. The molecule has 2 N–H and O–H groups in total. The van der Waals surface area contributed by atoms with Crippen molar-refractivity contribution < 1.29 is 8.42 Å². The molecular weight excluding hydrogens is 332 g/mol. The Morgan fingerprint density at radius 2 is 1.84 bits per heavy atom. The third kappa shape index (κ3) is 4.22. The van der Waals surface area contributed by atoms with E-state index in [4.69, 9.17) is 0 Å². The van der Waals surface area contributed by atoms with Gasteiger partial charge in [0.25, 0.3) is 0 Å². The lowest BCUT2D eigenvalue weighted by atomic mass is 9.91. The molecule has 25 heavy (non-hydrogen) atoms. The molecule has 1 heterocycles. The SMILES string of the molecule is CCCCC1Nc2ccccc2CC1NS(=O)(=O)c1ccc(C)cc1. The summed E-state index contributed by atoms with van der Waals surface area (Å²) in [7, 11) is -3.53. The highest BCUT2D eigenvalue weighted by Crippen LogP contribution is 2.28. The molecule has 4 nitrogen and oxygen atoms in total. The Bertz CT molecular complexity index is 816. The number of hydrogen-bond acceptors (Lipinski definition) is 3. The van der Waals surface area contributed by atoms with Crippen LogP contribution >= 0.6 is 0 Å². The first-order valence-electron chi connectivity index (χ1n) is 8.93. The lowest BCUT2D eigenvalue weighted by Gasteiger charge is -2.35. The first kappa shape index (κ1) is 18.0. The molecular formula is C20H26N2O2S. The summed E-state index contributed by atoms with van der Waals surface area (Å²) in [5, 5.41) is 3.54. The summed E-state index contributed by atoms with van der Waals surface area (Å²) in [6, 6.07) is 15.1. The number of unbranched alkanes of at least 4 members (excludes halogenated alkanes) is 1. The summed E-state index contributed by atoms with van der Waals surface area (Å²) in [6.07, 6.45) is 3.83. The Hall–Kier alpha value is -1.85. The third-order valence-electron chi connectivity index (χ3n) is 4.79. The summed E-state index contributed by atoms with van der Waals surface area (Å²) in [5.74, 6) is 0. The van der Waals surface area contributed by atoms with Gasteiger partial charge < -0.3 is 5.32 Å². The van der Waals surface area contributed by atoms with E-state index >= 15 is 0 Å². The fraction of sp³-hybridized carbons (Fsp3) is 0.400. The number of aryl methyl sites for hydroxylation is 1. The molecule has 1 aliphatic heterocycles. The van der Waals surface area contributed by atoms with E-state index in [9.17, 15) is 8.42 Å². The average molecular weight is 359 g/mol. The molecule has 0 bridgehead atoms. The third-order valence-corrected chi connectivity index (χ3v) is 6.30. The molecule has 2 aromatic carbocycles. The van der Waals surface area contributed by atoms with E-state index in [0.29, 0.717) is 11.3 Å². The summed E-state index contributed by atoms with van der Waals surface area (Å²) < 4.78 is 28.5. The van der Waals surface area contributed by atoms with Crippen molar-refractivity contribution >= 4 is 15.7 Å². The van der Waals surface area contributed by atoms with Gasteiger partial charge in [-0.25, -0.2) is 13.1 Å². The second-order valence-electron chi connectivity index (χ2n) is 6.80. The van der Waals surface area contributed by atoms with E-state index < -0.39 is 10.0 Å². The smallest absolute Gasteiger partial charge is 0.240 e. The van der Waals surface area contributed by atoms with Gasteiger partial charge in [-0.05, 0) is 43.5 Å². The maximum Gasteiger partial charge on any atom is 0.240 e. The van der Waals surface area contributed by atoms with Gasteiger partial charge in [0.15, 0.2) is 0 Å². The van der Waals surface area contributed by atoms with Crippen molar-refractivity contribution in [1.29, 1.82) is 0 Å². The minimum absolute atomic E-state index is 0.107. The van der Waals surface area contributed by atoms with Crippen LogP contribution in [0.15, 0.2) is 53.4 Å². The summed E-state index contributed by atoms with van der Waals surface area (Å²) >= 11 is 0. The minimum atomic E-state index is -3.53. The molecule has 0 aliphatic carbocycles. The van der Waals surface area contributed by atoms with Crippen molar-refractivity contribution in [1.82, 2.24) is 4.72 Å². The fourth-order valence-electron chi connectivity index (χ4n) is 3.32. The van der Waals surface area contributed by atoms with Crippen molar-refractivity contribution in [3.63, 3.8) is 0 Å².